The summed E-state index contributed by atoms with van der Waals surface area (Å²) in [6.45, 7) is 2.22. The van der Waals surface area contributed by atoms with Crippen LogP contribution in [-0.2, 0) is 6.42 Å². The second-order valence-electron chi connectivity index (χ2n) is 5.26. The van der Waals surface area contributed by atoms with Gasteiger partial charge >= 0.3 is 0 Å². The van der Waals surface area contributed by atoms with Crippen molar-refractivity contribution < 1.29 is 9.26 Å². The zero-order valence-electron chi connectivity index (χ0n) is 12.9. The van der Waals surface area contributed by atoms with Crippen LogP contribution in [0.25, 0.3) is 11.1 Å². The van der Waals surface area contributed by atoms with E-state index in [4.69, 9.17) is 15.0 Å². The Hall–Kier alpha value is -1.97. The van der Waals surface area contributed by atoms with Gasteiger partial charge in [0.1, 0.15) is 11.5 Å². The molecule has 1 heterocycles. The lowest BCUT2D eigenvalue weighted by atomic mass is 10.0. The molecule has 1 aromatic carbocycles. The maximum absolute atomic E-state index is 5.97. The van der Waals surface area contributed by atoms with Gasteiger partial charge < -0.3 is 15.0 Å². The van der Waals surface area contributed by atoms with Gasteiger partial charge in [0.05, 0.1) is 12.7 Å². The van der Waals surface area contributed by atoms with E-state index in [1.165, 1.54) is 25.7 Å². The molecule has 0 amide bonds. The van der Waals surface area contributed by atoms with Crippen molar-refractivity contribution in [1.82, 2.24) is 5.16 Å². The summed E-state index contributed by atoms with van der Waals surface area (Å²) in [5.74, 6) is 2.13. The van der Waals surface area contributed by atoms with E-state index in [1.54, 1.807) is 7.11 Å². The fourth-order valence-corrected chi connectivity index (χ4v) is 2.49. The highest BCUT2D eigenvalue weighted by atomic mass is 16.5. The predicted molar refractivity (Wildman–Crippen MR) is 85.4 cm³/mol. The minimum Gasteiger partial charge on any atom is -0.497 e. The van der Waals surface area contributed by atoms with Gasteiger partial charge in [-0.1, -0.05) is 49.9 Å². The summed E-state index contributed by atoms with van der Waals surface area (Å²) in [4.78, 5) is 0. The van der Waals surface area contributed by atoms with Crippen molar-refractivity contribution in [2.45, 2.75) is 45.4 Å². The minimum absolute atomic E-state index is 0.451. The van der Waals surface area contributed by atoms with Gasteiger partial charge in [-0.05, 0) is 24.1 Å². The van der Waals surface area contributed by atoms with Crippen molar-refractivity contribution >= 4 is 5.82 Å². The minimum atomic E-state index is 0.451. The van der Waals surface area contributed by atoms with Crippen LogP contribution in [0.3, 0.4) is 0 Å². The van der Waals surface area contributed by atoms with Crippen LogP contribution in [0.1, 0.15) is 44.8 Å². The third-order valence-corrected chi connectivity index (χ3v) is 3.65. The molecule has 2 rings (SSSR count). The van der Waals surface area contributed by atoms with E-state index in [0.29, 0.717) is 5.82 Å². The second-order valence-corrected chi connectivity index (χ2v) is 5.26. The molecule has 0 atom stereocenters. The van der Waals surface area contributed by atoms with Crippen molar-refractivity contribution in [3.8, 4) is 16.9 Å². The number of benzene rings is 1. The molecule has 2 N–H and O–H groups in total. The molecule has 0 unspecified atom stereocenters. The molecule has 114 valence electrons. The van der Waals surface area contributed by atoms with Crippen molar-refractivity contribution in [1.29, 1.82) is 0 Å². The van der Waals surface area contributed by atoms with Gasteiger partial charge in [-0.2, -0.15) is 0 Å². The molecule has 0 bridgehead atoms. The van der Waals surface area contributed by atoms with Gasteiger partial charge in [-0.15, -0.1) is 0 Å². The summed E-state index contributed by atoms with van der Waals surface area (Å²) in [6, 6.07) is 7.83. The maximum atomic E-state index is 5.97. The number of unbranched alkanes of at least 4 members (excludes halogenated alkanes) is 4. The molecule has 0 radical (unpaired) electrons. The van der Waals surface area contributed by atoms with Crippen molar-refractivity contribution in [2.24, 2.45) is 0 Å². The summed E-state index contributed by atoms with van der Waals surface area (Å²) in [5, 5.41) is 3.93. The zero-order chi connectivity index (χ0) is 15.1. The number of anilines is 1. The average molecular weight is 288 g/mol. The third-order valence-electron chi connectivity index (χ3n) is 3.65. The Morgan fingerprint density at radius 1 is 1.19 bits per heavy atom. The number of ether oxygens (including phenoxy) is 1. The number of aryl methyl sites for hydroxylation is 1. The molecule has 0 saturated heterocycles. The smallest absolute Gasteiger partial charge is 0.175 e. The van der Waals surface area contributed by atoms with E-state index in [-0.39, 0.29) is 0 Å². The lowest BCUT2D eigenvalue weighted by Crippen LogP contribution is -1.92. The van der Waals surface area contributed by atoms with E-state index in [9.17, 15) is 0 Å². The first-order valence-electron chi connectivity index (χ1n) is 7.64. The number of nitrogens with two attached hydrogens (primary N) is 1. The summed E-state index contributed by atoms with van der Waals surface area (Å²) < 4.78 is 10.7. The van der Waals surface area contributed by atoms with Gasteiger partial charge in [-0.3, -0.25) is 0 Å². The molecule has 0 aliphatic rings. The Kier molecular flexibility index (Phi) is 5.67. The molecular weight excluding hydrogens is 264 g/mol. The van der Waals surface area contributed by atoms with Gasteiger partial charge in [0.25, 0.3) is 0 Å². The Bertz CT molecular complexity index is 564. The highest BCUT2D eigenvalue weighted by Crippen LogP contribution is 2.32. The second kappa shape index (κ2) is 7.72. The number of hydrogen-bond donors (Lipinski definition) is 1. The summed E-state index contributed by atoms with van der Waals surface area (Å²) in [5.41, 5.74) is 7.87. The van der Waals surface area contributed by atoms with Crippen LogP contribution in [-0.4, -0.2) is 12.3 Å². The van der Waals surface area contributed by atoms with Gasteiger partial charge in [-0.25, -0.2) is 0 Å². The molecule has 21 heavy (non-hydrogen) atoms. The molecule has 0 saturated carbocycles. The van der Waals surface area contributed by atoms with Crippen LogP contribution in [0.2, 0.25) is 0 Å². The molecule has 0 fully saturated rings. The molecule has 4 heteroatoms. The average Bonchev–Trinajstić information content (AvgIpc) is 2.88. The van der Waals surface area contributed by atoms with E-state index in [2.05, 4.69) is 12.1 Å². The molecule has 0 aliphatic carbocycles. The summed E-state index contributed by atoms with van der Waals surface area (Å²) in [7, 11) is 1.66. The summed E-state index contributed by atoms with van der Waals surface area (Å²) >= 11 is 0. The van der Waals surface area contributed by atoms with Crippen molar-refractivity contribution in [3.63, 3.8) is 0 Å². The number of methoxy groups -OCH3 is 1. The van der Waals surface area contributed by atoms with Gasteiger partial charge in [0.15, 0.2) is 5.82 Å². The Morgan fingerprint density at radius 2 is 2.00 bits per heavy atom. The Labute approximate surface area is 126 Å². The van der Waals surface area contributed by atoms with Gasteiger partial charge in [0.2, 0.25) is 0 Å². The van der Waals surface area contributed by atoms with Crippen LogP contribution in [0.5, 0.6) is 5.75 Å². The highest BCUT2D eigenvalue weighted by Gasteiger charge is 2.16. The monoisotopic (exact) mass is 288 g/mol. The zero-order valence-corrected chi connectivity index (χ0v) is 12.9. The van der Waals surface area contributed by atoms with Crippen molar-refractivity contribution in [2.75, 3.05) is 12.8 Å². The van der Waals surface area contributed by atoms with E-state index < -0.39 is 0 Å². The topological polar surface area (TPSA) is 61.3 Å². The van der Waals surface area contributed by atoms with Gasteiger partial charge in [0, 0.05) is 6.42 Å². The first kappa shape index (κ1) is 15.4. The maximum Gasteiger partial charge on any atom is 0.175 e. The normalized spacial score (nSPS) is 10.8. The number of nitrogens with zero attached hydrogens (tertiary/aromatic N) is 1. The van der Waals surface area contributed by atoms with Crippen LogP contribution in [0, 0.1) is 0 Å². The fraction of sp³-hybridized carbons (Fsp3) is 0.471. The first-order chi connectivity index (χ1) is 10.3. The van der Waals surface area contributed by atoms with Crippen molar-refractivity contribution in [3.05, 3.63) is 30.0 Å². The molecule has 0 spiro atoms. The van der Waals surface area contributed by atoms with E-state index in [0.717, 1.165) is 35.5 Å². The highest BCUT2D eigenvalue weighted by molar-refractivity contribution is 5.76. The first-order valence-corrected chi connectivity index (χ1v) is 7.64. The quantitative estimate of drug-likeness (QED) is 0.729. The van der Waals surface area contributed by atoms with Crippen LogP contribution in [0.15, 0.2) is 28.8 Å². The largest absolute Gasteiger partial charge is 0.497 e. The van der Waals surface area contributed by atoms with Crippen LogP contribution < -0.4 is 10.5 Å². The lowest BCUT2D eigenvalue weighted by Gasteiger charge is -2.05. The fourth-order valence-electron chi connectivity index (χ4n) is 2.49. The summed E-state index contributed by atoms with van der Waals surface area (Å²) in [6.07, 6.45) is 7.01. The number of nitrogen functional groups attached to an aromatic ring is 1. The van der Waals surface area contributed by atoms with E-state index >= 15 is 0 Å². The number of aromatic nitrogens is 1. The van der Waals surface area contributed by atoms with Crippen LogP contribution >= 0.6 is 0 Å². The van der Waals surface area contributed by atoms with E-state index in [1.807, 2.05) is 24.3 Å². The molecule has 0 aliphatic heterocycles. The molecule has 1 aromatic heterocycles. The number of hydrogen-bond acceptors (Lipinski definition) is 4. The Balaban J connectivity index is 2.10. The molecular formula is C17H24N2O2. The SMILES string of the molecule is CCCCCCCc1onc(N)c1-c1cccc(OC)c1. The molecule has 2 aromatic rings. The standard InChI is InChI=1S/C17H24N2O2/c1-3-4-5-6-7-11-15-16(17(18)19-21-15)13-9-8-10-14(12-13)20-2/h8-10,12H,3-7,11H2,1-2H3,(H2,18,19). The number of rotatable bonds is 8. The predicted octanol–water partition coefficient (Wildman–Crippen LogP) is 4.45. The third kappa shape index (κ3) is 4.00. The molecule has 4 nitrogen and oxygen atoms in total. The van der Waals surface area contributed by atoms with Crippen LogP contribution in [0.4, 0.5) is 5.82 Å². The lowest BCUT2D eigenvalue weighted by molar-refractivity contribution is 0.381. The Morgan fingerprint density at radius 3 is 2.76 bits per heavy atom.